The molecule has 6 heteroatoms. The molecule has 1 N–H and O–H groups in total. The first-order valence-corrected chi connectivity index (χ1v) is 6.41. The van der Waals surface area contributed by atoms with Gasteiger partial charge in [-0.05, 0) is 19.1 Å². The second-order valence-corrected chi connectivity index (χ2v) is 4.57. The zero-order valence-electron chi connectivity index (χ0n) is 11.6. The third-order valence-corrected chi connectivity index (χ3v) is 2.92. The third kappa shape index (κ3) is 3.89. The van der Waals surface area contributed by atoms with Gasteiger partial charge in [0.1, 0.15) is 0 Å². The summed E-state index contributed by atoms with van der Waals surface area (Å²) in [6, 6.07) is 3.84. The van der Waals surface area contributed by atoms with Gasteiger partial charge in [0.15, 0.2) is 0 Å². The van der Waals surface area contributed by atoms with Gasteiger partial charge in [-0.1, -0.05) is 0 Å². The van der Waals surface area contributed by atoms with Crippen LogP contribution < -0.4 is 5.32 Å². The highest BCUT2D eigenvalue weighted by molar-refractivity contribution is 5.88. The van der Waals surface area contributed by atoms with Crippen LogP contribution in [0.1, 0.15) is 23.0 Å². The topological polar surface area (TPSA) is 69.0 Å². The number of hydrogen-bond acceptors (Lipinski definition) is 5. The van der Waals surface area contributed by atoms with Crippen LogP contribution in [0.4, 0.5) is 0 Å². The van der Waals surface area contributed by atoms with Gasteiger partial charge in [-0.3, -0.25) is 4.98 Å². The third-order valence-electron chi connectivity index (χ3n) is 2.92. The number of ether oxygens (including phenoxy) is 1. The van der Waals surface area contributed by atoms with E-state index in [-0.39, 0.29) is 5.97 Å². The normalized spacial score (nSPS) is 12.1. The van der Waals surface area contributed by atoms with Crippen molar-refractivity contribution in [2.45, 2.75) is 26.1 Å². The van der Waals surface area contributed by atoms with Crippen molar-refractivity contribution >= 4 is 5.97 Å². The van der Waals surface area contributed by atoms with E-state index in [1.165, 1.54) is 13.3 Å². The number of carbonyl (C=O) groups excluding carboxylic acids is 1. The molecule has 0 aromatic carbocycles. The maximum atomic E-state index is 11.3. The van der Waals surface area contributed by atoms with E-state index in [9.17, 15) is 4.79 Å². The molecule has 0 amide bonds. The molecule has 6 nitrogen and oxygen atoms in total. The standard InChI is InChI=1S/C14H18N4O2/c1-11(9-18-6-5-15-10-18)16-8-13-4-3-12(7-17-13)14(19)20-2/h3-7,10-11,16H,8-9H2,1-2H3. The molecule has 0 radical (unpaired) electrons. The number of esters is 1. The molecule has 0 aliphatic heterocycles. The maximum absolute atomic E-state index is 11.3. The second-order valence-electron chi connectivity index (χ2n) is 4.57. The van der Waals surface area contributed by atoms with E-state index >= 15 is 0 Å². The molecule has 106 valence electrons. The number of aromatic nitrogens is 3. The molecule has 0 saturated heterocycles. The molecule has 0 spiro atoms. The summed E-state index contributed by atoms with van der Waals surface area (Å²) in [7, 11) is 1.36. The minimum Gasteiger partial charge on any atom is -0.465 e. The number of rotatable bonds is 6. The fourth-order valence-electron chi connectivity index (χ4n) is 1.82. The number of pyridine rings is 1. The van der Waals surface area contributed by atoms with Crippen molar-refractivity contribution in [3.63, 3.8) is 0 Å². The molecule has 0 saturated carbocycles. The smallest absolute Gasteiger partial charge is 0.339 e. The van der Waals surface area contributed by atoms with Crippen molar-refractivity contribution in [1.29, 1.82) is 0 Å². The summed E-state index contributed by atoms with van der Waals surface area (Å²) in [4.78, 5) is 19.5. The summed E-state index contributed by atoms with van der Waals surface area (Å²) < 4.78 is 6.65. The van der Waals surface area contributed by atoms with Gasteiger partial charge in [-0.2, -0.15) is 0 Å². The summed E-state index contributed by atoms with van der Waals surface area (Å²) in [5, 5.41) is 3.37. The minimum absolute atomic E-state index is 0.297. The van der Waals surface area contributed by atoms with E-state index in [1.807, 2.05) is 16.8 Å². The second kappa shape index (κ2) is 6.81. The lowest BCUT2D eigenvalue weighted by Crippen LogP contribution is -2.29. The van der Waals surface area contributed by atoms with Crippen LogP contribution in [0, 0.1) is 0 Å². The number of imidazole rings is 1. The Morgan fingerprint density at radius 2 is 2.35 bits per heavy atom. The Hall–Kier alpha value is -2.21. The predicted octanol–water partition coefficient (Wildman–Crippen LogP) is 1.24. The average molecular weight is 274 g/mol. The molecule has 0 bridgehead atoms. The number of hydrogen-bond donors (Lipinski definition) is 1. The van der Waals surface area contributed by atoms with E-state index < -0.39 is 0 Å². The molecule has 20 heavy (non-hydrogen) atoms. The summed E-state index contributed by atoms with van der Waals surface area (Å²) >= 11 is 0. The monoisotopic (exact) mass is 274 g/mol. The largest absolute Gasteiger partial charge is 0.465 e. The zero-order valence-corrected chi connectivity index (χ0v) is 11.6. The fourth-order valence-corrected chi connectivity index (χ4v) is 1.82. The summed E-state index contributed by atoms with van der Waals surface area (Å²) in [5.74, 6) is -0.370. The van der Waals surface area contributed by atoms with Gasteiger partial charge in [-0.15, -0.1) is 0 Å². The summed E-state index contributed by atoms with van der Waals surface area (Å²) in [6.45, 7) is 3.60. The molecule has 2 heterocycles. The summed E-state index contributed by atoms with van der Waals surface area (Å²) in [6.07, 6.45) is 7.02. The lowest BCUT2D eigenvalue weighted by atomic mass is 10.2. The van der Waals surface area contributed by atoms with Gasteiger partial charge in [0.05, 0.1) is 24.7 Å². The maximum Gasteiger partial charge on any atom is 0.339 e. The van der Waals surface area contributed by atoms with Crippen LogP contribution in [0.15, 0.2) is 37.1 Å². The van der Waals surface area contributed by atoms with Crippen LogP contribution in [-0.2, 0) is 17.8 Å². The molecule has 0 fully saturated rings. The van der Waals surface area contributed by atoms with Crippen LogP contribution in [0.2, 0.25) is 0 Å². The lowest BCUT2D eigenvalue weighted by molar-refractivity contribution is 0.0600. The highest BCUT2D eigenvalue weighted by atomic mass is 16.5. The Labute approximate surface area is 117 Å². The van der Waals surface area contributed by atoms with Gasteiger partial charge in [0, 0.05) is 37.7 Å². The first kappa shape index (κ1) is 14.2. The van der Waals surface area contributed by atoms with Crippen molar-refractivity contribution in [2.24, 2.45) is 0 Å². The molecule has 1 unspecified atom stereocenters. The molecule has 0 aliphatic rings. The first-order chi connectivity index (χ1) is 9.69. The van der Waals surface area contributed by atoms with E-state index in [4.69, 9.17) is 0 Å². The highest BCUT2D eigenvalue weighted by Crippen LogP contribution is 2.02. The number of carbonyl (C=O) groups is 1. The molecule has 2 rings (SSSR count). The van der Waals surface area contributed by atoms with Gasteiger partial charge in [0.2, 0.25) is 0 Å². The van der Waals surface area contributed by atoms with Gasteiger partial charge < -0.3 is 14.6 Å². The molecule has 1 atom stereocenters. The number of nitrogens with one attached hydrogen (secondary N) is 1. The molecular weight excluding hydrogens is 256 g/mol. The van der Waals surface area contributed by atoms with Crippen molar-refractivity contribution in [3.8, 4) is 0 Å². The number of nitrogens with zero attached hydrogens (tertiary/aromatic N) is 3. The summed E-state index contributed by atoms with van der Waals surface area (Å²) in [5.41, 5.74) is 1.35. The first-order valence-electron chi connectivity index (χ1n) is 6.41. The van der Waals surface area contributed by atoms with Crippen LogP contribution in [0.25, 0.3) is 0 Å². The lowest BCUT2D eigenvalue weighted by Gasteiger charge is -2.14. The Kier molecular flexibility index (Phi) is 4.84. The Morgan fingerprint density at radius 3 is 2.95 bits per heavy atom. The molecular formula is C14H18N4O2. The Balaban J connectivity index is 1.83. The van der Waals surface area contributed by atoms with E-state index in [1.54, 1.807) is 18.6 Å². The Morgan fingerprint density at radius 1 is 1.50 bits per heavy atom. The van der Waals surface area contributed by atoms with Crippen molar-refractivity contribution < 1.29 is 9.53 Å². The van der Waals surface area contributed by atoms with Crippen LogP contribution >= 0.6 is 0 Å². The van der Waals surface area contributed by atoms with E-state index in [0.29, 0.717) is 18.2 Å². The van der Waals surface area contributed by atoms with Crippen molar-refractivity contribution in [1.82, 2.24) is 19.9 Å². The predicted molar refractivity (Wildman–Crippen MR) is 74.1 cm³/mol. The fraction of sp³-hybridized carbons (Fsp3) is 0.357. The number of methoxy groups -OCH3 is 1. The molecule has 2 aromatic rings. The van der Waals surface area contributed by atoms with Crippen molar-refractivity contribution in [3.05, 3.63) is 48.3 Å². The van der Waals surface area contributed by atoms with Crippen LogP contribution in [0.3, 0.4) is 0 Å². The molecule has 0 aliphatic carbocycles. The van der Waals surface area contributed by atoms with Gasteiger partial charge >= 0.3 is 5.97 Å². The SMILES string of the molecule is COC(=O)c1ccc(CNC(C)Cn2ccnc2)nc1. The van der Waals surface area contributed by atoms with E-state index in [0.717, 1.165) is 12.2 Å². The van der Waals surface area contributed by atoms with Crippen LogP contribution in [0.5, 0.6) is 0 Å². The average Bonchev–Trinajstić information content (AvgIpc) is 2.97. The van der Waals surface area contributed by atoms with Gasteiger partial charge in [-0.25, -0.2) is 9.78 Å². The van der Waals surface area contributed by atoms with E-state index in [2.05, 4.69) is 26.9 Å². The Bertz CT molecular complexity index is 537. The quantitative estimate of drug-likeness (QED) is 0.803. The van der Waals surface area contributed by atoms with Gasteiger partial charge in [0.25, 0.3) is 0 Å². The minimum atomic E-state index is -0.370. The van der Waals surface area contributed by atoms with Crippen LogP contribution in [-0.4, -0.2) is 33.7 Å². The van der Waals surface area contributed by atoms with Crippen molar-refractivity contribution in [2.75, 3.05) is 7.11 Å². The highest BCUT2D eigenvalue weighted by Gasteiger charge is 2.06. The molecule has 2 aromatic heterocycles. The zero-order chi connectivity index (χ0) is 14.4.